The van der Waals surface area contributed by atoms with Gasteiger partial charge in [0, 0.05) is 6.54 Å². The first-order valence-corrected chi connectivity index (χ1v) is 7.33. The van der Waals surface area contributed by atoms with E-state index >= 15 is 0 Å². The van der Waals surface area contributed by atoms with Crippen molar-refractivity contribution in [3.8, 4) is 0 Å². The number of hydrogen-bond acceptors (Lipinski definition) is 2. The Bertz CT molecular complexity index is 478. The normalized spacial score (nSPS) is 11.4. The fraction of sp³-hybridized carbons (Fsp3) is 0.385. The molecule has 0 aliphatic carbocycles. The average molecular weight is 375 g/mol. The summed E-state index contributed by atoms with van der Waals surface area (Å²) in [6, 6.07) is 8.12. The first-order valence-electron chi connectivity index (χ1n) is 5.89. The van der Waals surface area contributed by atoms with E-state index in [1.165, 1.54) is 0 Å². The van der Waals surface area contributed by atoms with E-state index in [2.05, 4.69) is 13.8 Å². The molecule has 8 heteroatoms. The molecule has 0 fully saturated rings. The molecular weight excluding hydrogens is 357 g/mol. The summed E-state index contributed by atoms with van der Waals surface area (Å²) in [7, 11) is -5.31. The van der Waals surface area contributed by atoms with Crippen LogP contribution in [0.4, 0.5) is 13.2 Å². The summed E-state index contributed by atoms with van der Waals surface area (Å²) in [5.41, 5.74) is -4.78. The van der Waals surface area contributed by atoms with E-state index in [0.717, 1.165) is 0 Å². The summed E-state index contributed by atoms with van der Waals surface area (Å²) in [6.45, 7) is 7.81. The minimum atomic E-state index is -5.31. The summed E-state index contributed by atoms with van der Waals surface area (Å²) < 4.78 is 60.4. The zero-order chi connectivity index (χ0) is 15.8. The Morgan fingerprint density at radius 3 is 2.00 bits per heavy atom. The van der Waals surface area contributed by atoms with Gasteiger partial charge in [0.1, 0.15) is 0 Å². The molecule has 1 rings (SSSR count). The first-order chi connectivity index (χ1) is 9.29. The predicted octanol–water partition coefficient (Wildman–Crippen LogP) is 3.40. The van der Waals surface area contributed by atoms with Gasteiger partial charge in [-0.05, 0) is 12.1 Å². The van der Waals surface area contributed by atoms with Crippen LogP contribution in [0.25, 0.3) is 0 Å². The van der Waals surface area contributed by atoms with Crippen LogP contribution in [0.1, 0.15) is 18.9 Å². The third-order valence-electron chi connectivity index (χ3n) is 2.24. The molecule has 0 bridgehead atoms. The van der Waals surface area contributed by atoms with Gasteiger partial charge in [-0.15, -0.1) is 0 Å². The van der Waals surface area contributed by atoms with Crippen molar-refractivity contribution in [2.24, 2.45) is 0 Å². The Kier molecular flexibility index (Phi) is 11.2. The van der Waals surface area contributed by atoms with Crippen molar-refractivity contribution < 1.29 is 41.1 Å². The van der Waals surface area contributed by atoms with Crippen molar-refractivity contribution >= 4 is 10.0 Å². The SMILES string of the molecule is [CH2-]C.[CH2-]CCN(Cc1ccccc1)S(=O)(=O)C(F)(F)F.[Zn+2]. The van der Waals surface area contributed by atoms with Crippen LogP contribution in [-0.4, -0.2) is 24.8 Å². The molecule has 0 spiro atoms. The van der Waals surface area contributed by atoms with Crippen LogP contribution in [0.3, 0.4) is 0 Å². The molecule has 0 unspecified atom stereocenters. The van der Waals surface area contributed by atoms with Crippen LogP contribution in [0.5, 0.6) is 0 Å². The summed E-state index contributed by atoms with van der Waals surface area (Å²) in [5.74, 6) is 0. The molecule has 0 aromatic heterocycles. The van der Waals surface area contributed by atoms with Crippen molar-refractivity contribution in [2.45, 2.75) is 25.4 Å². The van der Waals surface area contributed by atoms with Gasteiger partial charge >= 0.3 is 35.0 Å². The van der Waals surface area contributed by atoms with Crippen molar-refractivity contribution in [1.29, 1.82) is 0 Å². The summed E-state index contributed by atoms with van der Waals surface area (Å²) in [6.07, 6.45) is 0.0716. The van der Waals surface area contributed by atoms with Gasteiger partial charge in [0.05, 0.1) is 0 Å². The van der Waals surface area contributed by atoms with Crippen LogP contribution in [0, 0.1) is 13.8 Å². The first kappa shape index (κ1) is 22.8. The minimum Gasteiger partial charge on any atom is -0.346 e. The Morgan fingerprint density at radius 2 is 1.62 bits per heavy atom. The zero-order valence-corrected chi connectivity index (χ0v) is 15.7. The number of benzene rings is 1. The molecule has 0 aliphatic rings. The third kappa shape index (κ3) is 6.89. The monoisotopic (exact) mass is 373 g/mol. The van der Waals surface area contributed by atoms with Gasteiger partial charge in [-0.2, -0.15) is 30.8 Å². The van der Waals surface area contributed by atoms with Gasteiger partial charge in [0.25, 0.3) is 0 Å². The number of nitrogens with zero attached hydrogens (tertiary/aromatic N) is 1. The molecule has 0 saturated heterocycles. The van der Waals surface area contributed by atoms with Crippen molar-refractivity contribution in [2.75, 3.05) is 6.54 Å². The zero-order valence-electron chi connectivity index (χ0n) is 11.9. The Balaban J connectivity index is 0. The molecule has 0 amide bonds. The van der Waals surface area contributed by atoms with Gasteiger partial charge < -0.3 is 13.8 Å². The standard InChI is InChI=1S/C11H13F3NO2S.C2H5.Zn/c1-2-8-15(18(16,17)11(12,13)14)9-10-6-4-3-5-7-10;1-2;/h3-7H,1-2,8-9H2;1H2,2H3;/q2*-1;+2. The van der Waals surface area contributed by atoms with Crippen LogP contribution >= 0.6 is 0 Å². The Morgan fingerprint density at radius 1 is 1.14 bits per heavy atom. The smallest absolute Gasteiger partial charge is 0.346 e. The molecule has 0 radical (unpaired) electrons. The number of sulfonamides is 1. The molecule has 21 heavy (non-hydrogen) atoms. The number of rotatable bonds is 5. The van der Waals surface area contributed by atoms with E-state index < -0.39 is 15.5 Å². The molecular formula is C13H18F3NO2SZn. The molecule has 0 aliphatic heterocycles. The number of alkyl halides is 3. The van der Waals surface area contributed by atoms with Gasteiger partial charge in [-0.25, -0.2) is 8.42 Å². The number of hydrogen-bond donors (Lipinski definition) is 0. The number of halogens is 3. The van der Waals surface area contributed by atoms with Crippen LogP contribution in [0.15, 0.2) is 30.3 Å². The van der Waals surface area contributed by atoms with Gasteiger partial charge in [0.15, 0.2) is 0 Å². The fourth-order valence-electron chi connectivity index (χ4n) is 1.39. The summed E-state index contributed by atoms with van der Waals surface area (Å²) >= 11 is 0. The second kappa shape index (κ2) is 10.3. The Hall–Kier alpha value is -0.457. The van der Waals surface area contributed by atoms with Crippen molar-refractivity contribution in [1.82, 2.24) is 4.31 Å². The van der Waals surface area contributed by atoms with E-state index in [-0.39, 0.29) is 39.0 Å². The van der Waals surface area contributed by atoms with Gasteiger partial charge in [-0.1, -0.05) is 30.3 Å². The maximum atomic E-state index is 12.5. The second-order valence-electron chi connectivity index (χ2n) is 3.62. The van der Waals surface area contributed by atoms with Crippen LogP contribution in [-0.2, 0) is 36.0 Å². The Labute approximate surface area is 137 Å². The quantitative estimate of drug-likeness (QED) is 0.585. The van der Waals surface area contributed by atoms with Crippen molar-refractivity contribution in [3.63, 3.8) is 0 Å². The molecule has 1 aromatic carbocycles. The molecule has 116 valence electrons. The van der Waals surface area contributed by atoms with E-state index in [4.69, 9.17) is 0 Å². The van der Waals surface area contributed by atoms with Gasteiger partial charge in [-0.3, -0.25) is 0 Å². The van der Waals surface area contributed by atoms with Crippen LogP contribution < -0.4 is 0 Å². The maximum absolute atomic E-state index is 12.5. The van der Waals surface area contributed by atoms with Crippen molar-refractivity contribution in [3.05, 3.63) is 49.7 Å². The summed E-state index contributed by atoms with van der Waals surface area (Å²) in [5, 5.41) is 0. The molecule has 0 N–H and O–H groups in total. The van der Waals surface area contributed by atoms with E-state index in [1.54, 1.807) is 37.3 Å². The van der Waals surface area contributed by atoms with Gasteiger partial charge in [0.2, 0.25) is 0 Å². The average Bonchev–Trinajstić information content (AvgIpc) is 2.40. The largest absolute Gasteiger partial charge is 2.00 e. The summed E-state index contributed by atoms with van der Waals surface area (Å²) in [4.78, 5) is 0. The molecule has 0 atom stereocenters. The van der Waals surface area contributed by atoms with E-state index in [0.29, 0.717) is 9.87 Å². The third-order valence-corrected chi connectivity index (χ3v) is 3.82. The predicted molar refractivity (Wildman–Crippen MR) is 72.8 cm³/mol. The molecule has 1 aromatic rings. The fourth-order valence-corrected chi connectivity index (χ4v) is 2.38. The topological polar surface area (TPSA) is 37.4 Å². The van der Waals surface area contributed by atoms with Crippen LogP contribution in [0.2, 0.25) is 0 Å². The van der Waals surface area contributed by atoms with E-state index in [9.17, 15) is 21.6 Å². The second-order valence-corrected chi connectivity index (χ2v) is 5.55. The maximum Gasteiger partial charge on any atom is 2.00 e. The molecule has 0 saturated carbocycles. The molecule has 0 heterocycles. The minimum absolute atomic E-state index is 0. The molecule has 3 nitrogen and oxygen atoms in total. The van der Waals surface area contributed by atoms with E-state index in [1.807, 2.05) is 0 Å².